The zero-order valence-electron chi connectivity index (χ0n) is 11.7. The van der Waals surface area contributed by atoms with Crippen LogP contribution < -0.4 is 5.32 Å². The van der Waals surface area contributed by atoms with Gasteiger partial charge in [0.05, 0.1) is 5.56 Å². The second kappa shape index (κ2) is 5.01. The number of hydrogen-bond donors (Lipinski definition) is 1. The molecule has 0 amide bonds. The lowest BCUT2D eigenvalue weighted by molar-refractivity contribution is 0.116. The number of aromatic nitrogens is 4. The Bertz CT molecular complexity index is 624. The molecule has 1 N–H and O–H groups in total. The van der Waals surface area contributed by atoms with Crippen LogP contribution in [-0.4, -0.2) is 26.2 Å². The predicted octanol–water partition coefficient (Wildman–Crippen LogP) is 3.06. The highest BCUT2D eigenvalue weighted by Crippen LogP contribution is 2.48. The first-order valence-electron chi connectivity index (χ1n) is 6.68. The lowest BCUT2D eigenvalue weighted by atomic mass is 10.0. The van der Waals surface area contributed by atoms with Crippen LogP contribution in [0.3, 0.4) is 0 Å². The molecular formula is C13H15F2N5O. The van der Waals surface area contributed by atoms with E-state index in [0.717, 1.165) is 0 Å². The minimum atomic E-state index is -2.78. The normalized spacial score (nSPS) is 17.8. The third-order valence-electron chi connectivity index (χ3n) is 3.96. The van der Waals surface area contributed by atoms with Crippen molar-refractivity contribution in [2.24, 2.45) is 5.41 Å². The largest absolute Gasteiger partial charge is 0.415 e. The summed E-state index contributed by atoms with van der Waals surface area (Å²) in [7, 11) is 0. The highest BCUT2D eigenvalue weighted by molar-refractivity contribution is 5.50. The van der Waals surface area contributed by atoms with Gasteiger partial charge in [-0.1, -0.05) is 6.92 Å². The molecule has 0 radical (unpaired) electrons. The van der Waals surface area contributed by atoms with Gasteiger partial charge in [-0.15, -0.1) is 10.2 Å². The van der Waals surface area contributed by atoms with E-state index in [1.54, 1.807) is 0 Å². The first-order valence-corrected chi connectivity index (χ1v) is 6.68. The molecule has 1 fully saturated rings. The molecule has 1 saturated carbocycles. The van der Waals surface area contributed by atoms with Crippen molar-refractivity contribution in [3.63, 3.8) is 0 Å². The first-order chi connectivity index (χ1) is 9.98. The summed E-state index contributed by atoms with van der Waals surface area (Å²) in [4.78, 5) is 8.31. The zero-order chi connectivity index (χ0) is 15.0. The lowest BCUT2D eigenvalue weighted by Crippen LogP contribution is -2.25. The molecule has 0 saturated heterocycles. The van der Waals surface area contributed by atoms with Crippen molar-refractivity contribution in [1.82, 2.24) is 20.2 Å². The van der Waals surface area contributed by atoms with Crippen LogP contribution >= 0.6 is 0 Å². The second-order valence-corrected chi connectivity index (χ2v) is 5.56. The summed E-state index contributed by atoms with van der Waals surface area (Å²) < 4.78 is 29.6. The van der Waals surface area contributed by atoms with Gasteiger partial charge in [-0.25, -0.2) is 9.97 Å². The molecule has 2 aromatic heterocycles. The maximum atomic E-state index is 12.4. The Morgan fingerprint density at radius 1 is 1.24 bits per heavy atom. The van der Waals surface area contributed by atoms with Gasteiger partial charge in [0.2, 0.25) is 5.95 Å². The van der Waals surface area contributed by atoms with Crippen LogP contribution in [0.25, 0.3) is 11.5 Å². The summed E-state index contributed by atoms with van der Waals surface area (Å²) in [6.07, 6.45) is 2.54. The molecule has 0 spiro atoms. The van der Waals surface area contributed by atoms with E-state index in [1.165, 1.54) is 25.2 Å². The molecule has 6 nitrogen and oxygen atoms in total. The lowest BCUT2D eigenvalue weighted by Gasteiger charge is -2.19. The highest BCUT2D eigenvalue weighted by atomic mass is 19.3. The highest BCUT2D eigenvalue weighted by Gasteiger charge is 2.42. The van der Waals surface area contributed by atoms with E-state index in [-0.39, 0.29) is 11.9 Å². The van der Waals surface area contributed by atoms with Crippen LogP contribution in [0, 0.1) is 5.41 Å². The number of nitrogens with one attached hydrogen (secondary N) is 1. The molecule has 112 valence electrons. The van der Waals surface area contributed by atoms with Gasteiger partial charge in [-0.05, 0) is 25.2 Å². The van der Waals surface area contributed by atoms with E-state index < -0.39 is 12.3 Å². The monoisotopic (exact) mass is 295 g/mol. The Hall–Kier alpha value is -2.12. The first kappa shape index (κ1) is 13.8. The number of nitrogens with zero attached hydrogens (tertiary/aromatic N) is 4. The van der Waals surface area contributed by atoms with Gasteiger partial charge in [-0.2, -0.15) is 8.78 Å². The summed E-state index contributed by atoms with van der Waals surface area (Å²) in [5, 5.41) is 10.1. The molecule has 0 aliphatic heterocycles. The second-order valence-electron chi connectivity index (χ2n) is 5.56. The average Bonchev–Trinajstić information content (AvgIpc) is 3.03. The fraction of sp³-hybridized carbons (Fsp3) is 0.538. The van der Waals surface area contributed by atoms with E-state index in [2.05, 4.69) is 39.3 Å². The van der Waals surface area contributed by atoms with Crippen LogP contribution in [0.15, 0.2) is 16.8 Å². The van der Waals surface area contributed by atoms with Crippen molar-refractivity contribution >= 4 is 5.95 Å². The number of rotatable bonds is 5. The van der Waals surface area contributed by atoms with Crippen molar-refractivity contribution in [2.45, 2.75) is 39.2 Å². The number of hydrogen-bond acceptors (Lipinski definition) is 6. The van der Waals surface area contributed by atoms with Crippen LogP contribution in [0.4, 0.5) is 14.7 Å². The van der Waals surface area contributed by atoms with Gasteiger partial charge < -0.3 is 9.73 Å². The molecule has 3 rings (SSSR count). The summed E-state index contributed by atoms with van der Waals surface area (Å²) in [5.41, 5.74) is 0.714. The van der Waals surface area contributed by atoms with E-state index >= 15 is 0 Å². The number of halogens is 2. The maximum Gasteiger partial charge on any atom is 0.314 e. The minimum absolute atomic E-state index is 0.0148. The topological polar surface area (TPSA) is 76.7 Å². The number of anilines is 1. The Balaban J connectivity index is 1.71. The fourth-order valence-corrected chi connectivity index (χ4v) is 1.95. The van der Waals surface area contributed by atoms with Crippen LogP contribution in [0.2, 0.25) is 0 Å². The molecule has 2 heterocycles. The Labute approximate surface area is 120 Å². The van der Waals surface area contributed by atoms with Gasteiger partial charge in [0.1, 0.15) is 0 Å². The van der Waals surface area contributed by atoms with E-state index in [4.69, 9.17) is 4.42 Å². The number of alkyl halides is 2. The van der Waals surface area contributed by atoms with Crippen molar-refractivity contribution in [2.75, 3.05) is 5.32 Å². The molecular weight excluding hydrogens is 280 g/mol. The molecule has 1 unspecified atom stereocenters. The quantitative estimate of drug-likeness (QED) is 0.913. The SMILES string of the molecule is CC(Nc1ncc(-c2nnc(C(F)F)o2)cn1)C1(C)CC1. The van der Waals surface area contributed by atoms with Crippen molar-refractivity contribution in [3.8, 4) is 11.5 Å². The summed E-state index contributed by atoms with van der Waals surface area (Å²) in [6.45, 7) is 4.31. The van der Waals surface area contributed by atoms with E-state index in [1.807, 2.05) is 0 Å². The van der Waals surface area contributed by atoms with E-state index in [0.29, 0.717) is 16.9 Å². The van der Waals surface area contributed by atoms with Crippen molar-refractivity contribution < 1.29 is 13.2 Å². The van der Waals surface area contributed by atoms with Crippen molar-refractivity contribution in [1.29, 1.82) is 0 Å². The molecule has 8 heteroatoms. The minimum Gasteiger partial charge on any atom is -0.415 e. The van der Waals surface area contributed by atoms with Gasteiger partial charge in [-0.3, -0.25) is 0 Å². The van der Waals surface area contributed by atoms with Crippen LogP contribution in [0.1, 0.15) is 39.0 Å². The Morgan fingerprint density at radius 2 is 1.90 bits per heavy atom. The zero-order valence-corrected chi connectivity index (χ0v) is 11.7. The van der Waals surface area contributed by atoms with Crippen molar-refractivity contribution in [3.05, 3.63) is 18.3 Å². The van der Waals surface area contributed by atoms with Gasteiger partial charge >= 0.3 is 6.43 Å². The summed E-state index contributed by atoms with van der Waals surface area (Å²) in [6, 6.07) is 0.275. The molecule has 2 aromatic rings. The van der Waals surface area contributed by atoms with Gasteiger partial charge in [0.25, 0.3) is 11.8 Å². The Morgan fingerprint density at radius 3 is 2.43 bits per heavy atom. The molecule has 0 bridgehead atoms. The molecule has 21 heavy (non-hydrogen) atoms. The van der Waals surface area contributed by atoms with E-state index in [9.17, 15) is 8.78 Å². The van der Waals surface area contributed by atoms with Crippen LogP contribution in [-0.2, 0) is 0 Å². The third kappa shape index (κ3) is 2.84. The van der Waals surface area contributed by atoms with Gasteiger partial charge in [0.15, 0.2) is 0 Å². The average molecular weight is 295 g/mol. The smallest absolute Gasteiger partial charge is 0.314 e. The van der Waals surface area contributed by atoms with Crippen LogP contribution in [0.5, 0.6) is 0 Å². The fourth-order valence-electron chi connectivity index (χ4n) is 1.95. The molecule has 0 aromatic carbocycles. The predicted molar refractivity (Wildman–Crippen MR) is 70.7 cm³/mol. The summed E-state index contributed by atoms with van der Waals surface area (Å²) in [5.74, 6) is -0.227. The molecule has 1 aliphatic rings. The third-order valence-corrected chi connectivity index (χ3v) is 3.96. The Kier molecular flexibility index (Phi) is 3.30. The maximum absolute atomic E-state index is 12.4. The molecule has 1 aliphatic carbocycles. The van der Waals surface area contributed by atoms with Gasteiger partial charge in [0, 0.05) is 18.4 Å². The molecule has 1 atom stereocenters. The summed E-state index contributed by atoms with van der Waals surface area (Å²) >= 11 is 0. The standard InChI is InChI=1S/C13H15F2N5O/c1-7(13(2)3-4-13)18-12-16-5-8(6-17-12)10-19-20-11(21-10)9(14)15/h5-7,9H,3-4H2,1-2H3,(H,16,17,18).